The van der Waals surface area contributed by atoms with Crippen LogP contribution in [0.3, 0.4) is 0 Å². The number of aryl methyl sites for hydroxylation is 1. The van der Waals surface area contributed by atoms with E-state index in [0.717, 1.165) is 43.2 Å². The maximum atomic E-state index is 12.7. The first kappa shape index (κ1) is 23.0. The summed E-state index contributed by atoms with van der Waals surface area (Å²) in [5.74, 6) is 0.102. The van der Waals surface area contributed by atoms with Gasteiger partial charge in [-0.15, -0.1) is 0 Å². The zero-order chi connectivity index (χ0) is 22.2. The first-order valence-electron chi connectivity index (χ1n) is 11.2. The van der Waals surface area contributed by atoms with E-state index in [2.05, 4.69) is 36.5 Å². The molecule has 0 aromatic heterocycles. The van der Waals surface area contributed by atoms with Crippen LogP contribution in [-0.4, -0.2) is 63.0 Å². The van der Waals surface area contributed by atoms with Crippen LogP contribution in [0, 0.1) is 6.92 Å². The fourth-order valence-electron chi connectivity index (χ4n) is 4.18. The Bertz CT molecular complexity index is 863. The summed E-state index contributed by atoms with van der Waals surface area (Å²) in [6, 6.07) is 18.5. The molecule has 1 fully saturated rings. The number of carbonyl (C=O) groups is 2. The minimum Gasteiger partial charge on any atom is -0.345 e. The Hall–Kier alpha value is -2.70. The van der Waals surface area contributed by atoms with Gasteiger partial charge in [-0.3, -0.25) is 9.59 Å². The van der Waals surface area contributed by atoms with Crippen LogP contribution in [0.25, 0.3) is 0 Å². The summed E-state index contributed by atoms with van der Waals surface area (Å²) < 4.78 is 0. The number of amides is 2. The molecule has 2 amide bonds. The Kier molecular flexibility index (Phi) is 8.20. The number of hydrogen-bond donors (Lipinski definition) is 3. The van der Waals surface area contributed by atoms with Crippen molar-refractivity contribution in [2.75, 3.05) is 46.3 Å². The van der Waals surface area contributed by atoms with E-state index in [4.69, 9.17) is 0 Å². The molecule has 3 rings (SSSR count). The van der Waals surface area contributed by atoms with Crippen LogP contribution < -0.4 is 15.1 Å². The predicted octanol–water partition coefficient (Wildman–Crippen LogP) is -0.386. The van der Waals surface area contributed by atoms with E-state index < -0.39 is 0 Å². The van der Waals surface area contributed by atoms with Crippen molar-refractivity contribution in [1.29, 1.82) is 0 Å². The highest BCUT2D eigenvalue weighted by molar-refractivity contribution is 5.79. The van der Waals surface area contributed by atoms with Crippen LogP contribution in [0.1, 0.15) is 29.7 Å². The Morgan fingerprint density at radius 1 is 1.06 bits per heavy atom. The summed E-state index contributed by atoms with van der Waals surface area (Å²) in [6.07, 6.45) is 0. The van der Waals surface area contributed by atoms with E-state index in [0.29, 0.717) is 13.1 Å². The van der Waals surface area contributed by atoms with Gasteiger partial charge in [0.2, 0.25) is 0 Å². The minimum absolute atomic E-state index is 0.0333. The fourth-order valence-corrected chi connectivity index (χ4v) is 4.18. The van der Waals surface area contributed by atoms with Gasteiger partial charge in [0.15, 0.2) is 13.1 Å². The monoisotopic (exact) mass is 424 g/mol. The van der Waals surface area contributed by atoms with Crippen molar-refractivity contribution in [1.82, 2.24) is 10.2 Å². The number of benzene rings is 2. The van der Waals surface area contributed by atoms with Gasteiger partial charge in [-0.25, -0.2) is 0 Å². The van der Waals surface area contributed by atoms with Crippen molar-refractivity contribution in [3.63, 3.8) is 0 Å². The van der Waals surface area contributed by atoms with E-state index in [1.54, 1.807) is 0 Å². The lowest BCUT2D eigenvalue weighted by atomic mass is 10.1. The summed E-state index contributed by atoms with van der Waals surface area (Å²) >= 11 is 0. The maximum absolute atomic E-state index is 12.7. The molecule has 1 aliphatic heterocycles. The molecule has 3 N–H and O–H groups in total. The average molecular weight is 425 g/mol. The lowest BCUT2D eigenvalue weighted by molar-refractivity contribution is -0.917. The Labute approximate surface area is 185 Å². The molecule has 1 unspecified atom stereocenters. The molecule has 0 saturated carbocycles. The molecule has 0 aliphatic carbocycles. The molecule has 0 spiro atoms. The van der Waals surface area contributed by atoms with E-state index in [9.17, 15) is 9.59 Å². The van der Waals surface area contributed by atoms with Gasteiger partial charge in [0.1, 0.15) is 6.54 Å². The third-order valence-corrected chi connectivity index (χ3v) is 5.95. The Morgan fingerprint density at radius 3 is 2.45 bits per heavy atom. The van der Waals surface area contributed by atoms with E-state index in [-0.39, 0.29) is 17.9 Å². The van der Waals surface area contributed by atoms with Crippen LogP contribution in [0.4, 0.5) is 0 Å². The second kappa shape index (κ2) is 11.1. The summed E-state index contributed by atoms with van der Waals surface area (Å²) in [6.45, 7) is 9.25. The van der Waals surface area contributed by atoms with Gasteiger partial charge in [0.05, 0.1) is 39.3 Å². The van der Waals surface area contributed by atoms with E-state index >= 15 is 0 Å². The molecule has 6 heteroatoms. The molecule has 2 aromatic rings. The highest BCUT2D eigenvalue weighted by Crippen LogP contribution is 2.10. The van der Waals surface area contributed by atoms with Crippen molar-refractivity contribution >= 4 is 11.8 Å². The molecule has 1 heterocycles. The predicted molar refractivity (Wildman–Crippen MR) is 122 cm³/mol. The lowest BCUT2D eigenvalue weighted by Crippen LogP contribution is -3.14. The van der Waals surface area contributed by atoms with Crippen molar-refractivity contribution in [3.8, 4) is 0 Å². The smallest absolute Gasteiger partial charge is 0.278 e. The van der Waals surface area contributed by atoms with Crippen molar-refractivity contribution in [3.05, 3.63) is 71.3 Å². The molecular formula is C25H36N4O2+2. The molecule has 31 heavy (non-hydrogen) atoms. The number of nitrogens with zero attached hydrogens (tertiary/aromatic N) is 1. The molecule has 0 radical (unpaired) electrons. The SMILES string of the molecule is Cc1cccc(C[NH+]2CCN(C(=O)C[NH+](C)CC(=O)N[C@H](C)c3ccccc3)CC2)c1. The quantitative estimate of drug-likeness (QED) is 0.541. The van der Waals surface area contributed by atoms with Crippen molar-refractivity contribution in [2.45, 2.75) is 26.4 Å². The number of hydrogen-bond acceptors (Lipinski definition) is 2. The van der Waals surface area contributed by atoms with Gasteiger partial charge >= 0.3 is 0 Å². The fraction of sp³-hybridized carbons (Fsp3) is 0.440. The number of nitrogens with one attached hydrogen (secondary N) is 3. The first-order chi connectivity index (χ1) is 14.9. The number of quaternary nitrogens is 2. The van der Waals surface area contributed by atoms with Crippen LogP contribution in [0.2, 0.25) is 0 Å². The molecule has 6 nitrogen and oxygen atoms in total. The highest BCUT2D eigenvalue weighted by Gasteiger charge is 2.26. The second-order valence-electron chi connectivity index (χ2n) is 8.81. The van der Waals surface area contributed by atoms with Crippen LogP contribution in [0.5, 0.6) is 0 Å². The number of likely N-dealkylation sites (N-methyl/N-ethyl adjacent to an activating group) is 1. The van der Waals surface area contributed by atoms with Crippen LogP contribution in [-0.2, 0) is 16.1 Å². The van der Waals surface area contributed by atoms with Crippen LogP contribution >= 0.6 is 0 Å². The standard InChI is InChI=1S/C25H34N4O2/c1-20-8-7-9-22(16-20)17-28-12-14-29(15-13-28)25(31)19-27(3)18-24(30)26-21(2)23-10-5-4-6-11-23/h4-11,16,21H,12-15,17-19H2,1-3H3,(H,26,30)/p+2/t21-/m1/s1. The first-order valence-corrected chi connectivity index (χ1v) is 11.2. The zero-order valence-electron chi connectivity index (χ0n) is 19.0. The molecule has 2 atom stereocenters. The lowest BCUT2D eigenvalue weighted by Gasteiger charge is -2.32. The zero-order valence-corrected chi connectivity index (χ0v) is 19.0. The number of carbonyl (C=O) groups excluding carboxylic acids is 2. The van der Waals surface area contributed by atoms with Crippen LogP contribution in [0.15, 0.2) is 54.6 Å². The summed E-state index contributed by atoms with van der Waals surface area (Å²) in [5.41, 5.74) is 3.73. The maximum Gasteiger partial charge on any atom is 0.278 e. The average Bonchev–Trinajstić information content (AvgIpc) is 2.74. The highest BCUT2D eigenvalue weighted by atomic mass is 16.2. The van der Waals surface area contributed by atoms with Crippen molar-refractivity contribution < 1.29 is 19.4 Å². The third kappa shape index (κ3) is 7.19. The van der Waals surface area contributed by atoms with Gasteiger partial charge in [-0.05, 0) is 19.4 Å². The van der Waals surface area contributed by atoms with Gasteiger partial charge in [-0.1, -0.05) is 60.2 Å². The van der Waals surface area contributed by atoms with Gasteiger partial charge in [0, 0.05) is 5.56 Å². The molecule has 0 bridgehead atoms. The van der Waals surface area contributed by atoms with Gasteiger partial charge < -0.3 is 20.0 Å². The van der Waals surface area contributed by atoms with Crippen molar-refractivity contribution in [2.24, 2.45) is 0 Å². The summed E-state index contributed by atoms with van der Waals surface area (Å²) in [5, 5.41) is 3.02. The normalized spacial score (nSPS) is 16.5. The number of rotatable bonds is 8. The molecular weight excluding hydrogens is 388 g/mol. The molecule has 2 aromatic carbocycles. The number of piperazine rings is 1. The molecule has 1 aliphatic rings. The van der Waals surface area contributed by atoms with E-state index in [1.165, 1.54) is 16.0 Å². The summed E-state index contributed by atoms with van der Waals surface area (Å²) in [4.78, 5) is 29.5. The van der Waals surface area contributed by atoms with Gasteiger partial charge in [0.25, 0.3) is 11.8 Å². The minimum atomic E-state index is -0.0401. The van der Waals surface area contributed by atoms with Gasteiger partial charge in [-0.2, -0.15) is 0 Å². The largest absolute Gasteiger partial charge is 0.345 e. The molecule has 166 valence electrons. The molecule has 1 saturated heterocycles. The van der Waals surface area contributed by atoms with E-state index in [1.807, 2.05) is 49.2 Å². The Balaban J connectivity index is 1.38. The summed E-state index contributed by atoms with van der Waals surface area (Å²) in [7, 11) is 1.91. The second-order valence-corrected chi connectivity index (χ2v) is 8.81. The Morgan fingerprint density at radius 2 is 1.77 bits per heavy atom. The third-order valence-electron chi connectivity index (χ3n) is 5.95. The topological polar surface area (TPSA) is 58.3 Å².